The van der Waals surface area contributed by atoms with Gasteiger partial charge in [0.25, 0.3) is 0 Å². The molecule has 2 atom stereocenters. The van der Waals surface area contributed by atoms with Gasteiger partial charge in [-0.05, 0) is 0 Å². The number of hydrogen-bond donors (Lipinski definition) is 0. The Bertz CT molecular complexity index is 1290. The number of hydrogen-bond acceptors (Lipinski definition) is 0. The molecule has 0 heterocycles. The summed E-state index contributed by atoms with van der Waals surface area (Å²) in [4.78, 5) is 0. The second-order valence-corrected chi connectivity index (χ2v) is 27.8. The quantitative estimate of drug-likeness (QED) is 0.384. The van der Waals surface area contributed by atoms with Crippen molar-refractivity contribution in [2.75, 3.05) is 0 Å². The van der Waals surface area contributed by atoms with Gasteiger partial charge in [0.1, 0.15) is 0 Å². The van der Waals surface area contributed by atoms with Crippen LogP contribution in [0.2, 0.25) is 13.1 Å². The first-order valence-corrected chi connectivity index (χ1v) is 21.5. The van der Waals surface area contributed by atoms with Gasteiger partial charge in [-0.1, -0.05) is 0 Å². The van der Waals surface area contributed by atoms with Gasteiger partial charge in [0.05, 0.1) is 0 Å². The molecule has 3 aromatic rings. The van der Waals surface area contributed by atoms with Crippen LogP contribution >= 0.6 is 0 Å². The first kappa shape index (κ1) is 28.4. The van der Waals surface area contributed by atoms with Crippen LogP contribution < -0.4 is 24.8 Å². The largest absolute Gasteiger partial charge is 1.00 e. The minimum Gasteiger partial charge on any atom is -1.00 e. The van der Waals surface area contributed by atoms with E-state index in [4.69, 9.17) is 0 Å². The summed E-state index contributed by atoms with van der Waals surface area (Å²) in [6.45, 7) is 9.97. The molecule has 0 bridgehead atoms. The maximum Gasteiger partial charge on any atom is -1.00 e. The first-order valence-electron chi connectivity index (χ1n) is 12.4. The van der Waals surface area contributed by atoms with E-state index in [-0.39, 0.29) is 30.2 Å². The van der Waals surface area contributed by atoms with E-state index in [2.05, 4.69) is 112 Å². The van der Waals surface area contributed by atoms with E-state index in [1.165, 1.54) is 36.0 Å². The van der Waals surface area contributed by atoms with Crippen molar-refractivity contribution in [2.45, 2.75) is 53.5 Å². The molecule has 0 N–H and O–H groups in total. The zero-order valence-electron chi connectivity index (χ0n) is 21.1. The average molecular weight is 597 g/mol. The Labute approximate surface area is 232 Å². The van der Waals surface area contributed by atoms with Gasteiger partial charge in [-0.15, -0.1) is 0 Å². The number of fused-ring (bicyclic) bond motifs is 2. The fraction of sp³-hybridized carbons (Fsp3) is 0.290. The zero-order valence-corrected chi connectivity index (χ0v) is 26.1. The van der Waals surface area contributed by atoms with Gasteiger partial charge in [-0.3, -0.25) is 0 Å². The van der Waals surface area contributed by atoms with Crippen LogP contribution in [0.15, 0.2) is 84.4 Å². The van der Waals surface area contributed by atoms with Crippen LogP contribution in [0.4, 0.5) is 0 Å². The Hall–Kier alpha value is -1.18. The molecule has 0 nitrogen and oxygen atoms in total. The van der Waals surface area contributed by atoms with E-state index < -0.39 is 20.4 Å². The van der Waals surface area contributed by atoms with Crippen LogP contribution in [0.25, 0.3) is 22.8 Å². The summed E-state index contributed by atoms with van der Waals surface area (Å²) in [5.74, 6) is 0. The van der Waals surface area contributed by atoms with E-state index in [1.54, 1.807) is 27.8 Å². The molecule has 35 heavy (non-hydrogen) atoms. The van der Waals surface area contributed by atoms with Crippen molar-refractivity contribution in [1.82, 2.24) is 0 Å². The topological polar surface area (TPSA) is 0 Å². The van der Waals surface area contributed by atoms with Gasteiger partial charge in [0.2, 0.25) is 0 Å². The molecule has 2 aliphatic carbocycles. The molecule has 0 radical (unpaired) electrons. The number of benzene rings is 3. The van der Waals surface area contributed by atoms with Crippen molar-refractivity contribution >= 4 is 17.1 Å². The monoisotopic (exact) mass is 594 g/mol. The van der Waals surface area contributed by atoms with Crippen molar-refractivity contribution in [3.05, 3.63) is 107 Å². The standard InChI is InChI=1S/C16H13.C13H15.C2H6Si.2ClH.Zr/c1-12-10-14-8-5-9-15(16(14)11-12)13-6-3-2-4-7-13;1-2-3-6-11-9-10-12-7-4-5-8-13(11)12;1-3-2;;;/h2-11H,1H3;4-5,7-10H,2-3,6H2,1H3;1-2H3;2*1H;/q;;;;;+2/p-2. The molecule has 0 saturated heterocycles. The summed E-state index contributed by atoms with van der Waals surface area (Å²) < 4.78 is 1.42. The van der Waals surface area contributed by atoms with Crippen LogP contribution in [0, 0.1) is 0 Å². The Kier molecular flexibility index (Phi) is 10.0. The Morgan fingerprint density at radius 2 is 1.46 bits per heavy atom. The van der Waals surface area contributed by atoms with Gasteiger partial charge in [0.15, 0.2) is 0 Å². The summed E-state index contributed by atoms with van der Waals surface area (Å²) in [7, 11) is 0. The number of halogens is 2. The summed E-state index contributed by atoms with van der Waals surface area (Å²) in [5, 5.41) is 0. The Balaban J connectivity index is 0.00000171. The normalized spacial score (nSPS) is 17.1. The van der Waals surface area contributed by atoms with Crippen LogP contribution in [0.5, 0.6) is 0 Å². The first-order chi connectivity index (χ1) is 16.1. The van der Waals surface area contributed by atoms with Crippen molar-refractivity contribution in [3.63, 3.8) is 0 Å². The van der Waals surface area contributed by atoms with Crippen molar-refractivity contribution in [3.8, 4) is 11.1 Å². The van der Waals surface area contributed by atoms with Crippen LogP contribution in [0.3, 0.4) is 0 Å². The van der Waals surface area contributed by atoms with Crippen molar-refractivity contribution in [1.29, 1.82) is 0 Å². The average Bonchev–Trinajstić information content (AvgIpc) is 3.36. The summed E-state index contributed by atoms with van der Waals surface area (Å²) in [6.07, 6.45) is 9.10. The molecule has 5 rings (SSSR count). The molecular weight excluding hydrogens is 563 g/mol. The second kappa shape index (κ2) is 12.4. The molecule has 0 saturated carbocycles. The SMILES string of the molecule is CCCCC1=C[CH]([Zr+2]([CH]2C(C)=Cc3c(-c4ccccc4)cccc32)=[Si](C)C)c2ccccc21.[Cl-].[Cl-]. The minimum atomic E-state index is -1.93. The van der Waals surface area contributed by atoms with Gasteiger partial charge in [0, 0.05) is 0 Å². The van der Waals surface area contributed by atoms with Crippen molar-refractivity contribution in [2.24, 2.45) is 0 Å². The van der Waals surface area contributed by atoms with Crippen LogP contribution in [0.1, 0.15) is 62.6 Å². The Morgan fingerprint density at radius 1 is 0.800 bits per heavy atom. The predicted octanol–water partition coefficient (Wildman–Crippen LogP) is 3.02. The second-order valence-electron chi connectivity index (χ2n) is 9.81. The molecule has 0 spiro atoms. The Morgan fingerprint density at radius 3 is 2.17 bits per heavy atom. The molecule has 0 aliphatic heterocycles. The predicted molar refractivity (Wildman–Crippen MR) is 142 cm³/mol. The van der Waals surface area contributed by atoms with Crippen molar-refractivity contribution < 1.29 is 45.2 Å². The van der Waals surface area contributed by atoms with E-state index >= 15 is 0 Å². The number of unbranched alkanes of at least 4 members (excludes halogenated alkanes) is 1. The van der Waals surface area contributed by atoms with Gasteiger partial charge in [-0.25, -0.2) is 0 Å². The van der Waals surface area contributed by atoms with E-state index in [1.807, 2.05) is 0 Å². The summed E-state index contributed by atoms with van der Waals surface area (Å²) in [5.41, 5.74) is 12.0. The molecule has 0 amide bonds. The number of allylic oxidation sites excluding steroid dienone is 3. The van der Waals surface area contributed by atoms with E-state index in [0.29, 0.717) is 3.63 Å². The van der Waals surface area contributed by atoms with Gasteiger partial charge in [-0.2, -0.15) is 0 Å². The molecule has 2 aliphatic rings. The summed E-state index contributed by atoms with van der Waals surface area (Å²) in [6, 6.07) is 27.4. The minimum absolute atomic E-state index is 0. The van der Waals surface area contributed by atoms with Gasteiger partial charge < -0.3 is 24.8 Å². The number of rotatable bonds is 6. The molecular formula is C31H34Cl2SiZr. The van der Waals surface area contributed by atoms with E-state index in [0.717, 1.165) is 3.63 Å². The molecule has 2 unspecified atom stereocenters. The fourth-order valence-corrected chi connectivity index (χ4v) is 25.7. The van der Waals surface area contributed by atoms with Crippen LogP contribution in [-0.2, 0) is 20.4 Å². The van der Waals surface area contributed by atoms with E-state index in [9.17, 15) is 0 Å². The zero-order chi connectivity index (χ0) is 22.9. The van der Waals surface area contributed by atoms with Crippen LogP contribution in [-0.4, -0.2) is 5.43 Å². The molecule has 180 valence electrons. The molecule has 0 fully saturated rings. The molecule has 4 heteroatoms. The third-order valence-electron chi connectivity index (χ3n) is 7.40. The third-order valence-corrected chi connectivity index (χ3v) is 26.8. The molecule has 3 aromatic carbocycles. The maximum atomic E-state index is 2.75. The molecule has 0 aromatic heterocycles. The maximum absolute atomic E-state index is 2.75. The fourth-order valence-electron chi connectivity index (χ4n) is 5.90. The summed E-state index contributed by atoms with van der Waals surface area (Å²) >= 11 is -1.93. The third kappa shape index (κ3) is 5.42. The van der Waals surface area contributed by atoms with Gasteiger partial charge >= 0.3 is 209 Å². The smallest absolute Gasteiger partial charge is 1.00 e.